The van der Waals surface area contributed by atoms with Crippen molar-refractivity contribution in [2.24, 2.45) is 23.7 Å². The number of rotatable bonds is 0. The highest BCUT2D eigenvalue weighted by Crippen LogP contribution is 2.83. The summed E-state index contributed by atoms with van der Waals surface area (Å²) < 4.78 is 4.52. The molecule has 5 aliphatic rings. The fourth-order valence-electron chi connectivity index (χ4n) is 5.61. The topological polar surface area (TPSA) is 12.5 Å². The molecule has 0 amide bonds. The molecule has 1 aliphatic heterocycles. The largest absolute Gasteiger partial charge is 0.369 e. The minimum Gasteiger partial charge on any atom is -0.369 e. The Balaban J connectivity index is 1.80. The van der Waals surface area contributed by atoms with Crippen LogP contribution >= 0.6 is 58.0 Å². The van der Waals surface area contributed by atoms with Crippen molar-refractivity contribution in [3.8, 4) is 0 Å². The lowest BCUT2D eigenvalue weighted by Crippen LogP contribution is -2.46. The van der Waals surface area contributed by atoms with Gasteiger partial charge < -0.3 is 4.74 Å². The van der Waals surface area contributed by atoms with Crippen molar-refractivity contribution in [1.29, 1.82) is 0 Å². The van der Waals surface area contributed by atoms with Gasteiger partial charge in [-0.05, 0) is 42.6 Å². The van der Waals surface area contributed by atoms with Gasteiger partial charge in [-0.3, -0.25) is 0 Å². The molecule has 1 saturated heterocycles. The molecule has 1 heterocycles. The van der Waals surface area contributed by atoms with Crippen molar-refractivity contribution < 1.29 is 4.74 Å². The zero-order valence-corrected chi connectivity index (χ0v) is 13.7. The predicted octanol–water partition coefficient (Wildman–Crippen LogP) is 4.31. The van der Waals surface area contributed by atoms with Gasteiger partial charge in [-0.2, -0.15) is 0 Å². The van der Waals surface area contributed by atoms with Crippen LogP contribution in [-0.4, -0.2) is 26.3 Å². The average molecular weight is 360 g/mol. The maximum absolute atomic E-state index is 6.96. The Morgan fingerprint density at radius 2 is 1.53 bits per heavy atom. The number of ether oxygens (including phenoxy) is 1. The second-order valence-electron chi connectivity index (χ2n) is 6.62. The Labute approximate surface area is 136 Å². The summed E-state index contributed by atoms with van der Waals surface area (Å²) in [4.78, 5) is -1.81. The van der Waals surface area contributed by atoms with E-state index in [2.05, 4.69) is 0 Å². The summed E-state index contributed by atoms with van der Waals surface area (Å²) in [6.07, 6.45) is 1.79. The van der Waals surface area contributed by atoms with Crippen LogP contribution < -0.4 is 0 Å². The molecule has 4 fully saturated rings. The van der Waals surface area contributed by atoms with Crippen molar-refractivity contribution in [1.82, 2.24) is 0 Å². The lowest BCUT2D eigenvalue weighted by Gasteiger charge is -2.38. The normalized spacial score (nSPS) is 66.6. The minimum absolute atomic E-state index is 0.131. The zero-order valence-electron chi connectivity index (χ0n) is 9.97. The maximum Gasteiger partial charge on any atom is 0.165 e. The van der Waals surface area contributed by atoms with Crippen LogP contribution in [0, 0.1) is 23.7 Å². The van der Waals surface area contributed by atoms with E-state index in [0.29, 0.717) is 29.1 Å². The number of allylic oxidation sites excluding steroid dienone is 2. The lowest BCUT2D eigenvalue weighted by molar-refractivity contribution is 0.237. The number of hydrogen-bond acceptors (Lipinski definition) is 1. The third-order valence-electron chi connectivity index (χ3n) is 6.29. The van der Waals surface area contributed by atoms with Gasteiger partial charge in [-0.1, -0.05) is 34.8 Å². The molecule has 19 heavy (non-hydrogen) atoms. The van der Waals surface area contributed by atoms with Crippen LogP contribution in [0.1, 0.15) is 13.3 Å². The summed E-state index contributed by atoms with van der Waals surface area (Å²) in [5.74, 6) is 1.14. The van der Waals surface area contributed by atoms with Crippen molar-refractivity contribution in [3.63, 3.8) is 0 Å². The quantitative estimate of drug-likeness (QED) is 0.356. The molecule has 0 aromatic rings. The summed E-state index contributed by atoms with van der Waals surface area (Å²) in [6, 6.07) is 0. The van der Waals surface area contributed by atoms with Crippen LogP contribution in [0.15, 0.2) is 10.6 Å². The highest BCUT2D eigenvalue weighted by atomic mass is 35.5. The van der Waals surface area contributed by atoms with Gasteiger partial charge in [0.05, 0.1) is 12.2 Å². The van der Waals surface area contributed by atoms with E-state index < -0.39 is 14.1 Å². The van der Waals surface area contributed by atoms with Gasteiger partial charge in [0.15, 0.2) is 4.33 Å². The Morgan fingerprint density at radius 3 is 2.11 bits per heavy atom. The van der Waals surface area contributed by atoms with Crippen LogP contribution in [-0.2, 0) is 4.74 Å². The molecular weight excluding hydrogens is 349 g/mol. The second kappa shape index (κ2) is 3.09. The SMILES string of the molecule is CC1=C(Cl)[C@@]2(Cl)[C@H]3[C@H]4C[C@H]([C@@H]5O[C@H]45)[C@@H]3[C@]1(Cl)C2(Cl)Cl. The van der Waals surface area contributed by atoms with Gasteiger partial charge in [0.2, 0.25) is 0 Å². The third-order valence-corrected chi connectivity index (χ3v) is 10.1. The first-order valence-corrected chi connectivity index (χ1v) is 8.45. The van der Waals surface area contributed by atoms with Gasteiger partial charge >= 0.3 is 0 Å². The van der Waals surface area contributed by atoms with E-state index in [9.17, 15) is 0 Å². The molecule has 8 atom stereocenters. The standard InChI is InChI=1S/C13H11Cl5O/c1-3-10(14)12(16)7-5-2-4(8-9(5)19-8)6(7)11(3,15)13(12,17)18/h4-9H,2H2,1H3/t4-,5+,6-,7-,8-,9+,11-,12-/m0/s1. The van der Waals surface area contributed by atoms with Crippen LogP contribution in [0.4, 0.5) is 0 Å². The molecule has 5 rings (SSSR count). The van der Waals surface area contributed by atoms with Crippen LogP contribution in [0.3, 0.4) is 0 Å². The number of alkyl halides is 4. The molecule has 0 spiro atoms. The first-order chi connectivity index (χ1) is 8.78. The Kier molecular flexibility index (Phi) is 2.06. The molecule has 104 valence electrons. The number of hydrogen-bond donors (Lipinski definition) is 0. The zero-order chi connectivity index (χ0) is 13.5. The van der Waals surface area contributed by atoms with E-state index >= 15 is 0 Å². The third kappa shape index (κ3) is 0.946. The van der Waals surface area contributed by atoms with Gasteiger partial charge in [0.1, 0.15) is 9.75 Å². The molecule has 4 aliphatic carbocycles. The van der Waals surface area contributed by atoms with Crippen LogP contribution in [0.25, 0.3) is 0 Å². The van der Waals surface area contributed by atoms with E-state index in [4.69, 9.17) is 62.7 Å². The summed E-state index contributed by atoms with van der Waals surface area (Å²) in [6.45, 7) is 1.91. The average Bonchev–Trinajstić information content (AvgIpc) is 2.91. The van der Waals surface area contributed by atoms with E-state index in [-0.39, 0.29) is 11.8 Å². The van der Waals surface area contributed by atoms with Crippen LogP contribution in [0.5, 0.6) is 0 Å². The van der Waals surface area contributed by atoms with Crippen molar-refractivity contribution in [3.05, 3.63) is 10.6 Å². The Morgan fingerprint density at radius 1 is 1.00 bits per heavy atom. The summed E-state index contributed by atoms with van der Waals surface area (Å²) in [5, 5.41) is 0.556. The van der Waals surface area contributed by atoms with E-state index in [1.165, 1.54) is 0 Å². The Hall–Kier alpha value is 1.15. The van der Waals surface area contributed by atoms with Gasteiger partial charge in [0.25, 0.3) is 0 Å². The smallest absolute Gasteiger partial charge is 0.165 e. The molecule has 0 aromatic carbocycles. The molecule has 6 heteroatoms. The van der Waals surface area contributed by atoms with E-state index in [0.717, 1.165) is 12.0 Å². The second-order valence-corrected chi connectivity index (χ2v) is 9.51. The van der Waals surface area contributed by atoms with Crippen molar-refractivity contribution in [2.75, 3.05) is 0 Å². The van der Waals surface area contributed by atoms with Crippen LogP contribution in [0.2, 0.25) is 0 Å². The highest BCUT2D eigenvalue weighted by Gasteiger charge is 2.88. The number of fused-ring (bicyclic) bond motifs is 12. The fraction of sp³-hybridized carbons (Fsp3) is 0.846. The van der Waals surface area contributed by atoms with Crippen molar-refractivity contribution >= 4 is 58.0 Å². The van der Waals surface area contributed by atoms with Crippen molar-refractivity contribution in [2.45, 2.75) is 39.6 Å². The summed E-state index contributed by atoms with van der Waals surface area (Å²) in [5.41, 5.74) is 0.849. The molecule has 0 radical (unpaired) electrons. The lowest BCUT2D eigenvalue weighted by atomic mass is 9.71. The predicted molar refractivity (Wildman–Crippen MR) is 77.4 cm³/mol. The van der Waals surface area contributed by atoms with E-state index in [1.54, 1.807) is 0 Å². The number of epoxide rings is 1. The van der Waals surface area contributed by atoms with E-state index in [1.807, 2.05) is 6.92 Å². The highest BCUT2D eigenvalue weighted by molar-refractivity contribution is 6.63. The van der Waals surface area contributed by atoms with Gasteiger partial charge in [-0.25, -0.2) is 0 Å². The maximum atomic E-state index is 6.96. The van der Waals surface area contributed by atoms with Gasteiger partial charge in [0, 0.05) is 5.03 Å². The summed E-state index contributed by atoms with van der Waals surface area (Å²) in [7, 11) is 0. The first-order valence-electron chi connectivity index (χ1n) is 6.56. The molecule has 4 bridgehead atoms. The Bertz CT molecular complexity index is 515. The molecule has 0 N–H and O–H groups in total. The van der Waals surface area contributed by atoms with Gasteiger partial charge in [-0.15, -0.1) is 23.2 Å². The molecule has 1 nitrogen and oxygen atoms in total. The summed E-state index contributed by atoms with van der Waals surface area (Å²) >= 11 is 33.7. The first kappa shape index (κ1) is 12.7. The fourth-order valence-corrected chi connectivity index (χ4v) is 8.33. The molecule has 3 saturated carbocycles. The molecular formula is C13H11Cl5O. The monoisotopic (exact) mass is 358 g/mol. The minimum atomic E-state index is -1.24. The molecule has 0 aromatic heterocycles. The molecule has 0 unspecified atom stereocenters. The number of halogens is 5.